The van der Waals surface area contributed by atoms with Gasteiger partial charge in [-0.1, -0.05) is 34.0 Å². The molecule has 6 heteroatoms. The summed E-state index contributed by atoms with van der Waals surface area (Å²) in [6, 6.07) is 6.45. The fourth-order valence-corrected chi connectivity index (χ4v) is 2.06. The number of nitrogens with zero attached hydrogens (tertiary/aromatic N) is 2. The van der Waals surface area contributed by atoms with E-state index >= 15 is 0 Å². The van der Waals surface area contributed by atoms with Crippen LogP contribution in [0.3, 0.4) is 0 Å². The molecule has 2 N–H and O–H groups in total. The fourth-order valence-electron chi connectivity index (χ4n) is 1.70. The molecule has 0 aliphatic carbocycles. The van der Waals surface area contributed by atoms with Crippen molar-refractivity contribution in [2.45, 2.75) is 26.8 Å². The molecule has 1 aromatic heterocycles. The Balaban J connectivity index is 2.13. The Morgan fingerprint density at radius 3 is 2.89 bits per heavy atom. The van der Waals surface area contributed by atoms with E-state index in [1.165, 1.54) is 0 Å². The Morgan fingerprint density at radius 2 is 2.16 bits per heavy atom. The highest BCUT2D eigenvalue weighted by Crippen LogP contribution is 2.24. The molecule has 1 unspecified atom stereocenters. The van der Waals surface area contributed by atoms with Crippen molar-refractivity contribution in [2.24, 2.45) is 0 Å². The Bertz CT molecular complexity index is 555. The maximum atomic E-state index is 5.59. The van der Waals surface area contributed by atoms with Crippen molar-refractivity contribution >= 4 is 27.6 Å². The van der Waals surface area contributed by atoms with Crippen LogP contribution < -0.4 is 10.6 Å². The molecule has 0 spiro atoms. The van der Waals surface area contributed by atoms with E-state index in [1.807, 2.05) is 39.0 Å². The quantitative estimate of drug-likeness (QED) is 0.880. The minimum atomic E-state index is 0.0525. The van der Waals surface area contributed by atoms with Gasteiger partial charge in [0.2, 0.25) is 5.89 Å². The molecule has 1 aromatic carbocycles. The number of anilines is 2. The van der Waals surface area contributed by atoms with Crippen LogP contribution in [0.2, 0.25) is 0 Å². The number of rotatable bonds is 5. The summed E-state index contributed by atoms with van der Waals surface area (Å²) >= 11 is 3.44. The standard InChI is InChI=1S/C13H17BrN4O/c1-4-15-9(3)12-17-18-13(19-12)16-11-7-10(14)6-5-8(11)2/h5-7,9,15H,4H2,1-3H3,(H,16,18). The summed E-state index contributed by atoms with van der Waals surface area (Å²) in [6.07, 6.45) is 0. The van der Waals surface area contributed by atoms with Gasteiger partial charge in [0, 0.05) is 10.2 Å². The van der Waals surface area contributed by atoms with Crippen molar-refractivity contribution < 1.29 is 4.42 Å². The molecule has 0 radical (unpaired) electrons. The minimum Gasteiger partial charge on any atom is -0.406 e. The molecule has 1 atom stereocenters. The van der Waals surface area contributed by atoms with Gasteiger partial charge in [-0.05, 0) is 38.1 Å². The van der Waals surface area contributed by atoms with E-state index in [2.05, 4.69) is 36.8 Å². The maximum absolute atomic E-state index is 5.59. The average molecular weight is 325 g/mol. The third-order valence-corrected chi connectivity index (χ3v) is 3.26. The summed E-state index contributed by atoms with van der Waals surface area (Å²) in [5.74, 6) is 0.581. The Kier molecular flexibility index (Phi) is 4.55. The first-order valence-corrected chi connectivity index (χ1v) is 6.99. The van der Waals surface area contributed by atoms with Crippen molar-refractivity contribution in [3.05, 3.63) is 34.1 Å². The first-order chi connectivity index (χ1) is 9.10. The average Bonchev–Trinajstić information content (AvgIpc) is 2.83. The second kappa shape index (κ2) is 6.16. The molecule has 0 amide bonds. The third-order valence-electron chi connectivity index (χ3n) is 2.76. The van der Waals surface area contributed by atoms with E-state index < -0.39 is 0 Å². The van der Waals surface area contributed by atoms with E-state index in [1.54, 1.807) is 0 Å². The summed E-state index contributed by atoms with van der Waals surface area (Å²) in [7, 11) is 0. The predicted molar refractivity (Wildman–Crippen MR) is 78.6 cm³/mol. The van der Waals surface area contributed by atoms with Crippen LogP contribution in [-0.4, -0.2) is 16.7 Å². The third kappa shape index (κ3) is 3.54. The van der Waals surface area contributed by atoms with Crippen LogP contribution in [0.15, 0.2) is 27.1 Å². The molecular weight excluding hydrogens is 308 g/mol. The lowest BCUT2D eigenvalue weighted by atomic mass is 10.2. The van der Waals surface area contributed by atoms with E-state index in [0.29, 0.717) is 11.9 Å². The molecule has 0 saturated heterocycles. The fraction of sp³-hybridized carbons (Fsp3) is 0.385. The lowest BCUT2D eigenvalue weighted by molar-refractivity contribution is 0.430. The summed E-state index contributed by atoms with van der Waals surface area (Å²) in [4.78, 5) is 0. The molecule has 0 aliphatic heterocycles. The molecule has 102 valence electrons. The number of halogens is 1. The number of benzene rings is 1. The molecule has 2 rings (SSSR count). The topological polar surface area (TPSA) is 63.0 Å². The molecule has 5 nitrogen and oxygen atoms in total. The lowest BCUT2D eigenvalue weighted by Gasteiger charge is -2.07. The highest BCUT2D eigenvalue weighted by Gasteiger charge is 2.13. The zero-order valence-corrected chi connectivity index (χ0v) is 12.8. The van der Waals surface area contributed by atoms with Gasteiger partial charge in [0.05, 0.1) is 6.04 Å². The van der Waals surface area contributed by atoms with E-state index in [0.717, 1.165) is 22.3 Å². The van der Waals surface area contributed by atoms with Crippen molar-refractivity contribution in [3.8, 4) is 0 Å². The van der Waals surface area contributed by atoms with E-state index in [-0.39, 0.29) is 6.04 Å². The monoisotopic (exact) mass is 324 g/mol. The van der Waals surface area contributed by atoms with Gasteiger partial charge in [-0.25, -0.2) is 0 Å². The minimum absolute atomic E-state index is 0.0525. The van der Waals surface area contributed by atoms with Crippen molar-refractivity contribution in [1.29, 1.82) is 0 Å². The molecular formula is C13H17BrN4O. The normalized spacial score (nSPS) is 12.4. The van der Waals surface area contributed by atoms with Gasteiger partial charge < -0.3 is 15.1 Å². The van der Waals surface area contributed by atoms with Gasteiger partial charge in [0.25, 0.3) is 0 Å². The molecule has 0 bridgehead atoms. The van der Waals surface area contributed by atoms with Gasteiger partial charge in [-0.2, -0.15) is 0 Å². The van der Waals surface area contributed by atoms with Crippen LogP contribution in [0.1, 0.15) is 31.3 Å². The van der Waals surface area contributed by atoms with Crippen LogP contribution in [0.25, 0.3) is 0 Å². The Hall–Kier alpha value is -1.40. The predicted octanol–water partition coefficient (Wildman–Crippen LogP) is 3.55. The van der Waals surface area contributed by atoms with Crippen LogP contribution in [0, 0.1) is 6.92 Å². The number of aromatic nitrogens is 2. The molecule has 19 heavy (non-hydrogen) atoms. The smallest absolute Gasteiger partial charge is 0.320 e. The lowest BCUT2D eigenvalue weighted by Crippen LogP contribution is -2.17. The second-order valence-electron chi connectivity index (χ2n) is 4.31. The van der Waals surface area contributed by atoms with Gasteiger partial charge in [-0.15, -0.1) is 5.10 Å². The van der Waals surface area contributed by atoms with Gasteiger partial charge in [0.1, 0.15) is 0 Å². The first-order valence-electron chi connectivity index (χ1n) is 6.20. The van der Waals surface area contributed by atoms with Crippen LogP contribution in [0.4, 0.5) is 11.7 Å². The molecule has 0 saturated carbocycles. The molecule has 0 fully saturated rings. The highest BCUT2D eigenvalue weighted by atomic mass is 79.9. The Labute approximate surface area is 120 Å². The number of hydrogen-bond acceptors (Lipinski definition) is 5. The molecule has 2 aromatic rings. The van der Waals surface area contributed by atoms with Crippen molar-refractivity contribution in [2.75, 3.05) is 11.9 Å². The first kappa shape index (κ1) is 14.0. The largest absolute Gasteiger partial charge is 0.406 e. The molecule has 1 heterocycles. The van der Waals surface area contributed by atoms with Gasteiger partial charge in [0.15, 0.2) is 0 Å². The summed E-state index contributed by atoms with van der Waals surface area (Å²) < 4.78 is 6.59. The SMILES string of the molecule is CCNC(C)c1nnc(Nc2cc(Br)ccc2C)o1. The maximum Gasteiger partial charge on any atom is 0.320 e. The zero-order valence-electron chi connectivity index (χ0n) is 11.2. The van der Waals surface area contributed by atoms with Gasteiger partial charge >= 0.3 is 6.01 Å². The van der Waals surface area contributed by atoms with E-state index in [9.17, 15) is 0 Å². The van der Waals surface area contributed by atoms with Crippen LogP contribution in [0.5, 0.6) is 0 Å². The summed E-state index contributed by atoms with van der Waals surface area (Å²) in [6.45, 7) is 6.91. The Morgan fingerprint density at radius 1 is 1.37 bits per heavy atom. The second-order valence-corrected chi connectivity index (χ2v) is 5.22. The van der Waals surface area contributed by atoms with Crippen LogP contribution in [-0.2, 0) is 0 Å². The number of nitrogens with one attached hydrogen (secondary N) is 2. The van der Waals surface area contributed by atoms with Crippen molar-refractivity contribution in [3.63, 3.8) is 0 Å². The zero-order chi connectivity index (χ0) is 13.8. The summed E-state index contributed by atoms with van der Waals surface area (Å²) in [5, 5.41) is 14.4. The highest BCUT2D eigenvalue weighted by molar-refractivity contribution is 9.10. The van der Waals surface area contributed by atoms with E-state index in [4.69, 9.17) is 4.42 Å². The van der Waals surface area contributed by atoms with Crippen LogP contribution >= 0.6 is 15.9 Å². The van der Waals surface area contributed by atoms with Gasteiger partial charge in [-0.3, -0.25) is 0 Å². The number of hydrogen-bond donors (Lipinski definition) is 2. The summed E-state index contributed by atoms with van der Waals surface area (Å²) in [5.41, 5.74) is 2.06. The molecule has 0 aliphatic rings. The van der Waals surface area contributed by atoms with Crippen molar-refractivity contribution in [1.82, 2.24) is 15.5 Å². The number of aryl methyl sites for hydroxylation is 1.